The molecule has 0 radical (unpaired) electrons. The van der Waals surface area contributed by atoms with Crippen LogP contribution in [0, 0.1) is 0 Å². The minimum Gasteiger partial charge on any atom is -0.385 e. The zero-order valence-corrected chi connectivity index (χ0v) is 11.4. The van der Waals surface area contributed by atoms with Crippen molar-refractivity contribution in [1.29, 1.82) is 0 Å². The van der Waals surface area contributed by atoms with Gasteiger partial charge in [0.15, 0.2) is 0 Å². The monoisotopic (exact) mass is 250 g/mol. The molecule has 0 heterocycles. The first-order chi connectivity index (χ1) is 8.63. The second-order valence-corrected chi connectivity index (χ2v) is 4.45. The molecule has 0 fully saturated rings. The van der Waals surface area contributed by atoms with Crippen molar-refractivity contribution in [3.05, 3.63) is 29.8 Å². The van der Waals surface area contributed by atoms with Crippen molar-refractivity contribution in [2.24, 2.45) is 0 Å². The van der Waals surface area contributed by atoms with Crippen LogP contribution in [-0.4, -0.2) is 38.6 Å². The van der Waals surface area contributed by atoms with Crippen LogP contribution in [-0.2, 0) is 16.1 Å². The molecule has 4 nitrogen and oxygen atoms in total. The van der Waals surface area contributed by atoms with Gasteiger partial charge in [-0.2, -0.15) is 0 Å². The molecular formula is C14H22N2O2. The Kier molecular flexibility index (Phi) is 6.22. The van der Waals surface area contributed by atoms with E-state index in [1.165, 1.54) is 0 Å². The smallest absolute Gasteiger partial charge is 0.222 e. The van der Waals surface area contributed by atoms with E-state index in [1.54, 1.807) is 26.1 Å². The van der Waals surface area contributed by atoms with Gasteiger partial charge in [-0.25, -0.2) is 0 Å². The molecule has 1 N–H and O–H groups in total. The summed E-state index contributed by atoms with van der Waals surface area (Å²) in [6.45, 7) is 1.45. The molecule has 1 aromatic rings. The molecule has 4 heteroatoms. The highest BCUT2D eigenvalue weighted by atomic mass is 16.5. The van der Waals surface area contributed by atoms with Crippen LogP contribution in [0.5, 0.6) is 0 Å². The molecule has 1 amide bonds. The summed E-state index contributed by atoms with van der Waals surface area (Å²) in [6, 6.07) is 8.14. The van der Waals surface area contributed by atoms with Gasteiger partial charge in [0.2, 0.25) is 5.91 Å². The molecule has 0 spiro atoms. The summed E-state index contributed by atoms with van der Waals surface area (Å²) in [6.07, 6.45) is 1.43. The molecule has 0 saturated carbocycles. The molecule has 0 bridgehead atoms. The highest BCUT2D eigenvalue weighted by Crippen LogP contribution is 2.10. The third kappa shape index (κ3) is 5.19. The first-order valence-corrected chi connectivity index (χ1v) is 6.15. The number of anilines is 1. The Bertz CT molecular complexity index is 361. The Morgan fingerprint density at radius 3 is 2.50 bits per heavy atom. The lowest BCUT2D eigenvalue weighted by molar-refractivity contribution is -0.128. The van der Waals surface area contributed by atoms with E-state index >= 15 is 0 Å². The van der Waals surface area contributed by atoms with Crippen LogP contribution in [0.2, 0.25) is 0 Å². The van der Waals surface area contributed by atoms with Crippen molar-refractivity contribution in [1.82, 2.24) is 4.90 Å². The van der Waals surface area contributed by atoms with Gasteiger partial charge in [-0.3, -0.25) is 4.79 Å². The van der Waals surface area contributed by atoms with Crippen LogP contribution in [0.1, 0.15) is 18.4 Å². The zero-order valence-electron chi connectivity index (χ0n) is 11.4. The Labute approximate surface area is 109 Å². The Balaban J connectivity index is 2.25. The van der Waals surface area contributed by atoms with Crippen LogP contribution in [0.25, 0.3) is 0 Å². The highest BCUT2D eigenvalue weighted by Gasteiger charge is 2.02. The lowest BCUT2D eigenvalue weighted by Crippen LogP contribution is -2.22. The second-order valence-electron chi connectivity index (χ2n) is 4.45. The van der Waals surface area contributed by atoms with Gasteiger partial charge in [0.05, 0.1) is 6.61 Å². The Morgan fingerprint density at radius 1 is 1.28 bits per heavy atom. The maximum atomic E-state index is 11.4. The van der Waals surface area contributed by atoms with Crippen molar-refractivity contribution < 1.29 is 9.53 Å². The SMILES string of the molecule is COCc1ccc(NCCCC(=O)N(C)C)cc1. The number of nitrogens with one attached hydrogen (secondary N) is 1. The van der Waals surface area contributed by atoms with Crippen LogP contribution < -0.4 is 5.32 Å². The molecule has 0 aromatic heterocycles. The lowest BCUT2D eigenvalue weighted by Gasteiger charge is -2.10. The summed E-state index contributed by atoms with van der Waals surface area (Å²) >= 11 is 0. The predicted octanol–water partition coefficient (Wildman–Crippen LogP) is 2.11. The third-order valence-electron chi connectivity index (χ3n) is 2.66. The largest absolute Gasteiger partial charge is 0.385 e. The van der Waals surface area contributed by atoms with E-state index in [2.05, 4.69) is 5.32 Å². The van der Waals surface area contributed by atoms with Crippen LogP contribution in [0.3, 0.4) is 0 Å². The topological polar surface area (TPSA) is 41.6 Å². The number of ether oxygens (including phenoxy) is 1. The van der Waals surface area contributed by atoms with E-state index in [1.807, 2.05) is 24.3 Å². The number of carbonyl (C=O) groups is 1. The van der Waals surface area contributed by atoms with E-state index in [9.17, 15) is 4.79 Å². The normalized spacial score (nSPS) is 10.2. The van der Waals surface area contributed by atoms with E-state index in [-0.39, 0.29) is 5.91 Å². The number of hydrogen-bond acceptors (Lipinski definition) is 3. The number of methoxy groups -OCH3 is 1. The fourth-order valence-corrected chi connectivity index (χ4v) is 1.58. The maximum absolute atomic E-state index is 11.4. The second kappa shape index (κ2) is 7.71. The molecule has 100 valence electrons. The van der Waals surface area contributed by atoms with Gasteiger partial charge < -0.3 is 15.0 Å². The molecule has 0 atom stereocenters. The lowest BCUT2D eigenvalue weighted by atomic mass is 10.2. The molecule has 0 saturated heterocycles. The van der Waals surface area contributed by atoms with E-state index in [0.717, 1.165) is 24.2 Å². The van der Waals surface area contributed by atoms with Crippen molar-refractivity contribution >= 4 is 11.6 Å². The van der Waals surface area contributed by atoms with E-state index in [0.29, 0.717) is 13.0 Å². The molecule has 1 aromatic carbocycles. The van der Waals surface area contributed by atoms with Crippen LogP contribution in [0.15, 0.2) is 24.3 Å². The van der Waals surface area contributed by atoms with Crippen LogP contribution in [0.4, 0.5) is 5.69 Å². The molecule has 18 heavy (non-hydrogen) atoms. The minimum absolute atomic E-state index is 0.173. The summed E-state index contributed by atoms with van der Waals surface area (Å²) in [5.41, 5.74) is 2.23. The number of nitrogens with zero attached hydrogens (tertiary/aromatic N) is 1. The summed E-state index contributed by atoms with van der Waals surface area (Å²) in [5, 5.41) is 3.30. The fourth-order valence-electron chi connectivity index (χ4n) is 1.58. The van der Waals surface area contributed by atoms with Crippen molar-refractivity contribution in [3.63, 3.8) is 0 Å². The zero-order chi connectivity index (χ0) is 13.4. The fraction of sp³-hybridized carbons (Fsp3) is 0.500. The standard InChI is InChI=1S/C14H22N2O2/c1-16(2)14(17)5-4-10-15-13-8-6-12(7-9-13)11-18-3/h6-9,15H,4-5,10-11H2,1-3H3. The van der Waals surface area contributed by atoms with Crippen LogP contribution >= 0.6 is 0 Å². The average Bonchev–Trinajstić information content (AvgIpc) is 2.36. The molecule has 0 aliphatic heterocycles. The number of hydrogen-bond donors (Lipinski definition) is 1. The number of rotatable bonds is 7. The summed E-state index contributed by atoms with van der Waals surface area (Å²) in [4.78, 5) is 13.0. The summed E-state index contributed by atoms with van der Waals surface area (Å²) in [7, 11) is 5.25. The maximum Gasteiger partial charge on any atom is 0.222 e. The Hall–Kier alpha value is -1.55. The summed E-state index contributed by atoms with van der Waals surface area (Å²) in [5.74, 6) is 0.173. The molecule has 1 rings (SSSR count). The highest BCUT2D eigenvalue weighted by molar-refractivity contribution is 5.75. The Morgan fingerprint density at radius 2 is 1.94 bits per heavy atom. The van der Waals surface area contributed by atoms with E-state index < -0.39 is 0 Å². The van der Waals surface area contributed by atoms with Crippen molar-refractivity contribution in [3.8, 4) is 0 Å². The van der Waals surface area contributed by atoms with Gasteiger partial charge in [-0.05, 0) is 24.1 Å². The first kappa shape index (κ1) is 14.5. The van der Waals surface area contributed by atoms with Gasteiger partial charge in [-0.1, -0.05) is 12.1 Å². The first-order valence-electron chi connectivity index (χ1n) is 6.15. The number of carbonyl (C=O) groups excluding carboxylic acids is 1. The molecular weight excluding hydrogens is 228 g/mol. The number of amides is 1. The van der Waals surface area contributed by atoms with Gasteiger partial charge >= 0.3 is 0 Å². The van der Waals surface area contributed by atoms with Gasteiger partial charge in [0, 0.05) is 39.9 Å². The van der Waals surface area contributed by atoms with Crippen molar-refractivity contribution in [2.75, 3.05) is 33.1 Å². The minimum atomic E-state index is 0.173. The molecule has 0 aliphatic rings. The summed E-state index contributed by atoms with van der Waals surface area (Å²) < 4.78 is 5.05. The van der Waals surface area contributed by atoms with Gasteiger partial charge in [0.25, 0.3) is 0 Å². The third-order valence-corrected chi connectivity index (χ3v) is 2.66. The number of benzene rings is 1. The quantitative estimate of drug-likeness (QED) is 0.754. The predicted molar refractivity (Wildman–Crippen MR) is 73.6 cm³/mol. The van der Waals surface area contributed by atoms with Gasteiger partial charge in [0.1, 0.15) is 0 Å². The molecule has 0 unspecified atom stereocenters. The van der Waals surface area contributed by atoms with Gasteiger partial charge in [-0.15, -0.1) is 0 Å². The average molecular weight is 250 g/mol. The van der Waals surface area contributed by atoms with E-state index in [4.69, 9.17) is 4.74 Å². The van der Waals surface area contributed by atoms with Crippen molar-refractivity contribution in [2.45, 2.75) is 19.4 Å². The molecule has 0 aliphatic carbocycles.